The second-order valence-corrected chi connectivity index (χ2v) is 7.44. The molecule has 80 valence electrons. The molecule has 1 rings (SSSR count). The highest BCUT2D eigenvalue weighted by Crippen LogP contribution is 2.19. The van der Waals surface area contributed by atoms with Crippen LogP contribution in [0.25, 0.3) is 0 Å². The van der Waals surface area contributed by atoms with Crippen LogP contribution in [-0.2, 0) is 4.79 Å². The number of alkyl halides is 2. The van der Waals surface area contributed by atoms with E-state index < -0.39 is 0 Å². The summed E-state index contributed by atoms with van der Waals surface area (Å²) in [5.74, 6) is 0.00356. The fraction of sp³-hybridized carbons (Fsp3) is 0.125. The van der Waals surface area contributed by atoms with Gasteiger partial charge in [-0.25, -0.2) is 4.99 Å². The van der Waals surface area contributed by atoms with E-state index in [-0.39, 0.29) is 8.62 Å². The van der Waals surface area contributed by atoms with Crippen molar-refractivity contribution in [3.05, 3.63) is 33.6 Å². The molecule has 1 atom stereocenters. The second kappa shape index (κ2) is 6.74. The highest BCUT2D eigenvalue weighted by molar-refractivity contribution is 14.1. The Morgan fingerprint density at radius 1 is 1.73 bits per heavy atom. The SMILES string of the molecule is O=C(/C(I)=C/N=c1/cccn[nH]1)C(Br)I. The summed E-state index contributed by atoms with van der Waals surface area (Å²) in [4.78, 5) is 15.5. The van der Waals surface area contributed by atoms with Crippen LogP contribution in [0.3, 0.4) is 0 Å². The van der Waals surface area contributed by atoms with Crippen molar-refractivity contribution in [2.75, 3.05) is 0 Å². The molecule has 7 heteroatoms. The van der Waals surface area contributed by atoms with Gasteiger partial charge >= 0.3 is 0 Å². The summed E-state index contributed by atoms with van der Waals surface area (Å²) in [6.07, 6.45) is 3.14. The Bertz CT molecular complexity index is 424. The van der Waals surface area contributed by atoms with Crippen molar-refractivity contribution in [3.63, 3.8) is 0 Å². The first-order valence-electron chi connectivity index (χ1n) is 3.83. The third-order valence-electron chi connectivity index (χ3n) is 1.34. The van der Waals surface area contributed by atoms with Gasteiger partial charge in [-0.3, -0.25) is 9.89 Å². The van der Waals surface area contributed by atoms with Crippen molar-refractivity contribution >= 4 is 66.9 Å². The van der Waals surface area contributed by atoms with Gasteiger partial charge in [0.25, 0.3) is 0 Å². The Labute approximate surface area is 122 Å². The molecular weight excluding hydrogens is 488 g/mol. The standard InChI is InChI=1S/C8H6BrI2N3O/c9-8(11)7(15)5(10)4-12-6-2-1-3-13-14-6/h1-4,8H,(H,12,14)/b5-4-. The zero-order valence-electron chi connectivity index (χ0n) is 7.32. The van der Waals surface area contributed by atoms with Crippen LogP contribution >= 0.6 is 61.1 Å². The Kier molecular flexibility index (Phi) is 5.97. The monoisotopic (exact) mass is 493 g/mol. The van der Waals surface area contributed by atoms with Crippen molar-refractivity contribution in [2.45, 2.75) is 2.83 Å². The van der Waals surface area contributed by atoms with Gasteiger partial charge in [0.15, 0.2) is 5.78 Å². The Morgan fingerprint density at radius 3 is 3.00 bits per heavy atom. The summed E-state index contributed by atoms with van der Waals surface area (Å²) in [5.41, 5.74) is 0.610. The fourth-order valence-corrected chi connectivity index (χ4v) is 2.74. The lowest BCUT2D eigenvalue weighted by molar-refractivity contribution is -0.112. The third-order valence-corrected chi connectivity index (χ3v) is 3.14. The van der Waals surface area contributed by atoms with Gasteiger partial charge in [-0.2, -0.15) is 5.10 Å². The molecule has 1 aromatic heterocycles. The van der Waals surface area contributed by atoms with Crippen LogP contribution in [0.4, 0.5) is 0 Å². The maximum atomic E-state index is 11.4. The average Bonchev–Trinajstić information content (AvgIpc) is 2.26. The van der Waals surface area contributed by atoms with Crippen LogP contribution in [0.15, 0.2) is 33.1 Å². The van der Waals surface area contributed by atoms with Crippen molar-refractivity contribution in [1.82, 2.24) is 10.2 Å². The average molecular weight is 494 g/mol. The van der Waals surface area contributed by atoms with Gasteiger partial charge in [-0.05, 0) is 34.7 Å². The van der Waals surface area contributed by atoms with Gasteiger partial charge in [-0.1, -0.05) is 38.5 Å². The number of carbonyl (C=O) groups excluding carboxylic acids is 1. The highest BCUT2D eigenvalue weighted by atomic mass is 127. The van der Waals surface area contributed by atoms with Gasteiger partial charge < -0.3 is 0 Å². The molecule has 1 unspecified atom stereocenters. The van der Waals surface area contributed by atoms with E-state index in [9.17, 15) is 4.79 Å². The van der Waals surface area contributed by atoms with Crippen LogP contribution in [-0.4, -0.2) is 18.8 Å². The molecule has 0 fully saturated rings. The molecule has 0 aliphatic rings. The predicted molar refractivity (Wildman–Crippen MR) is 78.0 cm³/mol. The number of hydrogen-bond acceptors (Lipinski definition) is 3. The first kappa shape index (κ1) is 13.3. The Morgan fingerprint density at radius 2 is 2.47 bits per heavy atom. The van der Waals surface area contributed by atoms with E-state index in [2.05, 4.69) is 31.1 Å². The van der Waals surface area contributed by atoms with Gasteiger partial charge in [0.2, 0.25) is 0 Å². The largest absolute Gasteiger partial charge is 0.291 e. The molecule has 0 aliphatic carbocycles. The maximum Gasteiger partial charge on any atom is 0.193 e. The summed E-state index contributed by atoms with van der Waals surface area (Å²) in [6, 6.07) is 3.54. The van der Waals surface area contributed by atoms with E-state index in [1.54, 1.807) is 18.3 Å². The number of halogens is 3. The molecule has 15 heavy (non-hydrogen) atoms. The van der Waals surface area contributed by atoms with Crippen molar-refractivity contribution in [2.24, 2.45) is 4.99 Å². The number of hydrogen-bond donors (Lipinski definition) is 1. The number of ketones is 1. The quantitative estimate of drug-likeness (QED) is 0.399. The molecule has 0 aliphatic heterocycles. The van der Waals surface area contributed by atoms with Crippen molar-refractivity contribution in [3.8, 4) is 0 Å². The Balaban J connectivity index is 2.87. The lowest BCUT2D eigenvalue weighted by atomic mass is 10.4. The molecular formula is C8H6BrI2N3O. The molecule has 1 aromatic rings. The molecule has 1 heterocycles. The smallest absolute Gasteiger partial charge is 0.193 e. The molecule has 1 N–H and O–H groups in total. The first-order chi connectivity index (χ1) is 7.11. The topological polar surface area (TPSA) is 58.1 Å². The number of rotatable bonds is 3. The van der Waals surface area contributed by atoms with E-state index in [1.807, 2.05) is 45.2 Å². The number of aromatic amines is 1. The number of nitrogens with one attached hydrogen (secondary N) is 1. The van der Waals surface area contributed by atoms with Gasteiger partial charge in [0.1, 0.15) is 8.32 Å². The van der Waals surface area contributed by atoms with E-state index in [0.717, 1.165) is 0 Å². The summed E-state index contributed by atoms with van der Waals surface area (Å²) in [7, 11) is 0. The number of allylic oxidation sites excluding steroid dienone is 1. The summed E-state index contributed by atoms with van der Waals surface area (Å²) in [5, 5.41) is 6.50. The number of Topliss-reactive ketones (excluding diaryl/α,β-unsaturated/α-hetero) is 1. The number of aromatic nitrogens is 2. The lowest BCUT2D eigenvalue weighted by Crippen LogP contribution is -2.08. The fourth-order valence-electron chi connectivity index (χ4n) is 0.684. The summed E-state index contributed by atoms with van der Waals surface area (Å²) < 4.78 is 0.354. The van der Waals surface area contributed by atoms with E-state index >= 15 is 0 Å². The predicted octanol–water partition coefficient (Wildman–Crippen LogP) is 2.31. The molecule has 0 aromatic carbocycles. The summed E-state index contributed by atoms with van der Waals surface area (Å²) >= 11 is 7.15. The number of carbonyl (C=O) groups is 1. The van der Waals surface area contributed by atoms with Gasteiger partial charge in [0.05, 0.1) is 3.58 Å². The van der Waals surface area contributed by atoms with Crippen LogP contribution in [0.5, 0.6) is 0 Å². The lowest BCUT2D eigenvalue weighted by Gasteiger charge is -1.96. The molecule has 0 saturated heterocycles. The summed E-state index contributed by atoms with van der Waals surface area (Å²) in [6.45, 7) is 0. The zero-order chi connectivity index (χ0) is 11.3. The van der Waals surface area contributed by atoms with E-state index in [4.69, 9.17) is 0 Å². The second-order valence-electron chi connectivity index (χ2n) is 2.41. The molecule has 0 saturated carbocycles. The normalized spacial score (nSPS) is 15.1. The molecule has 0 spiro atoms. The van der Waals surface area contributed by atoms with Gasteiger partial charge in [-0.15, -0.1) is 0 Å². The van der Waals surface area contributed by atoms with Crippen LogP contribution in [0.1, 0.15) is 0 Å². The van der Waals surface area contributed by atoms with Gasteiger partial charge in [0, 0.05) is 12.4 Å². The van der Waals surface area contributed by atoms with E-state index in [0.29, 0.717) is 9.07 Å². The number of H-pyrrole nitrogens is 1. The minimum absolute atomic E-state index is 0.00356. The Hall–Kier alpha value is 0.230. The molecule has 4 nitrogen and oxygen atoms in total. The minimum Gasteiger partial charge on any atom is -0.291 e. The van der Waals surface area contributed by atoms with Crippen LogP contribution < -0.4 is 5.49 Å². The molecule has 0 amide bonds. The van der Waals surface area contributed by atoms with Crippen molar-refractivity contribution in [1.29, 1.82) is 0 Å². The highest BCUT2D eigenvalue weighted by Gasteiger charge is 2.13. The number of nitrogens with zero attached hydrogens (tertiary/aromatic N) is 2. The first-order valence-corrected chi connectivity index (χ1v) is 7.07. The molecule has 0 bridgehead atoms. The zero-order valence-corrected chi connectivity index (χ0v) is 13.2. The third kappa shape index (κ3) is 4.72. The minimum atomic E-state index is -0.216. The van der Waals surface area contributed by atoms with Crippen molar-refractivity contribution < 1.29 is 4.79 Å². The van der Waals surface area contributed by atoms with Crippen LogP contribution in [0, 0.1) is 0 Å². The van der Waals surface area contributed by atoms with Crippen LogP contribution in [0.2, 0.25) is 0 Å². The van der Waals surface area contributed by atoms with E-state index in [1.165, 1.54) is 6.20 Å². The molecule has 0 radical (unpaired) electrons. The maximum absolute atomic E-state index is 11.4.